The third kappa shape index (κ3) is 5.07. The highest BCUT2D eigenvalue weighted by atomic mass is 35.5. The van der Waals surface area contributed by atoms with Gasteiger partial charge in [0, 0.05) is 31.1 Å². The Morgan fingerprint density at radius 3 is 2.78 bits per heavy atom. The molecule has 1 aliphatic carbocycles. The van der Waals surface area contributed by atoms with Gasteiger partial charge in [-0.15, -0.1) is 36.2 Å². The molecule has 4 nitrogen and oxygen atoms in total. The quantitative estimate of drug-likeness (QED) is 0.845. The number of hydrogen-bond acceptors (Lipinski definition) is 4. The smallest absolute Gasteiger partial charge is 0.240 e. The Labute approximate surface area is 155 Å². The third-order valence-corrected chi connectivity index (χ3v) is 5.82. The standard InChI is InChI=1S/C16H25N3OS.2ClH/c17-16(6-2-1-3-7-16)15(20)18-8-10-19-9-4-14-13(12-19)5-11-21-14;;/h5,11H,1-4,6-10,12,17H2,(H,18,20);2*1H. The summed E-state index contributed by atoms with van der Waals surface area (Å²) in [4.78, 5) is 16.2. The molecule has 7 heteroatoms. The Balaban J connectivity index is 0.00000132. The first kappa shape index (κ1) is 20.7. The van der Waals surface area contributed by atoms with Crippen LogP contribution in [0.3, 0.4) is 0 Å². The van der Waals surface area contributed by atoms with Crippen molar-refractivity contribution in [1.82, 2.24) is 10.2 Å². The molecule has 2 heterocycles. The molecule has 3 N–H and O–H groups in total. The summed E-state index contributed by atoms with van der Waals surface area (Å²) in [7, 11) is 0. The van der Waals surface area contributed by atoms with Crippen LogP contribution in [0.25, 0.3) is 0 Å². The number of carbonyl (C=O) groups is 1. The van der Waals surface area contributed by atoms with E-state index in [0.29, 0.717) is 6.54 Å². The zero-order chi connectivity index (χ0) is 14.7. The Kier molecular flexibility index (Phi) is 8.31. The van der Waals surface area contributed by atoms with Gasteiger partial charge in [0.1, 0.15) is 0 Å². The maximum Gasteiger partial charge on any atom is 0.240 e. The number of nitrogens with two attached hydrogens (primary N) is 1. The van der Waals surface area contributed by atoms with Crippen LogP contribution in [0.2, 0.25) is 0 Å². The van der Waals surface area contributed by atoms with E-state index in [1.54, 1.807) is 0 Å². The molecule has 1 saturated carbocycles. The van der Waals surface area contributed by atoms with E-state index in [1.165, 1.54) is 16.9 Å². The molecule has 3 rings (SSSR count). The van der Waals surface area contributed by atoms with Gasteiger partial charge in [-0.3, -0.25) is 9.69 Å². The van der Waals surface area contributed by atoms with Crippen LogP contribution in [-0.2, 0) is 17.8 Å². The molecule has 132 valence electrons. The van der Waals surface area contributed by atoms with Crippen LogP contribution in [0, 0.1) is 0 Å². The molecule has 23 heavy (non-hydrogen) atoms. The lowest BCUT2D eigenvalue weighted by Gasteiger charge is -2.32. The van der Waals surface area contributed by atoms with Crippen molar-refractivity contribution in [2.75, 3.05) is 19.6 Å². The van der Waals surface area contributed by atoms with E-state index in [1.807, 2.05) is 11.3 Å². The zero-order valence-corrected chi connectivity index (χ0v) is 15.8. The van der Waals surface area contributed by atoms with Crippen LogP contribution in [0.1, 0.15) is 42.5 Å². The molecule has 1 aromatic heterocycles. The lowest BCUT2D eigenvalue weighted by molar-refractivity contribution is -0.127. The fourth-order valence-corrected chi connectivity index (χ4v) is 4.30. The highest BCUT2D eigenvalue weighted by Crippen LogP contribution is 2.26. The normalized spacial score (nSPS) is 19.9. The third-order valence-electron chi connectivity index (χ3n) is 4.80. The second-order valence-electron chi connectivity index (χ2n) is 6.37. The molecule has 0 saturated heterocycles. The number of hydrogen-bond donors (Lipinski definition) is 2. The molecular formula is C16H27Cl2N3OS. The van der Waals surface area contributed by atoms with Crippen molar-refractivity contribution in [3.8, 4) is 0 Å². The van der Waals surface area contributed by atoms with E-state index in [4.69, 9.17) is 5.73 Å². The van der Waals surface area contributed by atoms with E-state index in [9.17, 15) is 4.79 Å². The summed E-state index contributed by atoms with van der Waals surface area (Å²) in [5.74, 6) is 0.0513. The van der Waals surface area contributed by atoms with Crippen molar-refractivity contribution < 1.29 is 4.79 Å². The second kappa shape index (κ2) is 9.23. The first-order chi connectivity index (χ1) is 10.2. The largest absolute Gasteiger partial charge is 0.353 e. The number of nitrogens with one attached hydrogen (secondary N) is 1. The Morgan fingerprint density at radius 1 is 1.30 bits per heavy atom. The topological polar surface area (TPSA) is 58.4 Å². The van der Waals surface area contributed by atoms with E-state index >= 15 is 0 Å². The van der Waals surface area contributed by atoms with Gasteiger partial charge in [0.05, 0.1) is 5.54 Å². The number of carbonyl (C=O) groups excluding carboxylic acids is 1. The fraction of sp³-hybridized carbons (Fsp3) is 0.688. The van der Waals surface area contributed by atoms with Crippen LogP contribution >= 0.6 is 36.2 Å². The van der Waals surface area contributed by atoms with Crippen molar-refractivity contribution in [2.45, 2.75) is 50.6 Å². The van der Waals surface area contributed by atoms with E-state index in [2.05, 4.69) is 21.7 Å². The highest BCUT2D eigenvalue weighted by Gasteiger charge is 2.34. The van der Waals surface area contributed by atoms with Gasteiger partial charge in [-0.05, 0) is 36.3 Å². The molecule has 0 unspecified atom stereocenters. The average Bonchev–Trinajstić information content (AvgIpc) is 2.95. The predicted molar refractivity (Wildman–Crippen MR) is 101 cm³/mol. The number of thiophene rings is 1. The molecule has 0 atom stereocenters. The SMILES string of the molecule is Cl.Cl.NC1(C(=O)NCCN2CCc3sccc3C2)CCCCC1. The van der Waals surface area contributed by atoms with Crippen molar-refractivity contribution in [2.24, 2.45) is 5.73 Å². The summed E-state index contributed by atoms with van der Waals surface area (Å²) in [6.07, 6.45) is 6.18. The summed E-state index contributed by atoms with van der Waals surface area (Å²) in [5.41, 5.74) is 7.09. The van der Waals surface area contributed by atoms with Gasteiger partial charge in [-0.2, -0.15) is 0 Å². The maximum absolute atomic E-state index is 12.3. The predicted octanol–water partition coefficient (Wildman–Crippen LogP) is 2.73. The number of amides is 1. The molecule has 0 aromatic carbocycles. The average molecular weight is 380 g/mol. The van der Waals surface area contributed by atoms with Crippen LogP contribution in [0.4, 0.5) is 0 Å². The first-order valence-electron chi connectivity index (χ1n) is 8.02. The molecule has 1 amide bonds. The molecule has 1 fully saturated rings. The number of fused-ring (bicyclic) bond motifs is 1. The van der Waals surface area contributed by atoms with E-state index in [-0.39, 0.29) is 30.7 Å². The zero-order valence-electron chi connectivity index (χ0n) is 13.4. The highest BCUT2D eigenvalue weighted by molar-refractivity contribution is 7.10. The lowest BCUT2D eigenvalue weighted by Crippen LogP contribution is -2.55. The van der Waals surface area contributed by atoms with Crippen molar-refractivity contribution in [3.05, 3.63) is 21.9 Å². The molecule has 1 aliphatic heterocycles. The second-order valence-corrected chi connectivity index (χ2v) is 7.37. The van der Waals surface area contributed by atoms with E-state index < -0.39 is 5.54 Å². The summed E-state index contributed by atoms with van der Waals surface area (Å²) >= 11 is 1.86. The number of rotatable bonds is 4. The lowest BCUT2D eigenvalue weighted by atomic mass is 9.82. The summed E-state index contributed by atoms with van der Waals surface area (Å²) in [5, 5.41) is 5.23. The van der Waals surface area contributed by atoms with Crippen molar-refractivity contribution >= 4 is 42.1 Å². The van der Waals surface area contributed by atoms with Gasteiger partial charge in [0.2, 0.25) is 5.91 Å². The first-order valence-corrected chi connectivity index (χ1v) is 8.90. The minimum absolute atomic E-state index is 0. The van der Waals surface area contributed by atoms with Crippen LogP contribution < -0.4 is 11.1 Å². The molecule has 1 aromatic rings. The Hall–Kier alpha value is -0.330. The minimum Gasteiger partial charge on any atom is -0.353 e. The summed E-state index contributed by atoms with van der Waals surface area (Å²) in [6.45, 7) is 3.73. The van der Waals surface area contributed by atoms with E-state index in [0.717, 1.165) is 51.7 Å². The van der Waals surface area contributed by atoms with Gasteiger partial charge < -0.3 is 11.1 Å². The summed E-state index contributed by atoms with van der Waals surface area (Å²) < 4.78 is 0. The maximum atomic E-state index is 12.3. The van der Waals surface area contributed by atoms with Crippen molar-refractivity contribution in [1.29, 1.82) is 0 Å². The van der Waals surface area contributed by atoms with Gasteiger partial charge in [-0.25, -0.2) is 0 Å². The minimum atomic E-state index is -0.610. The summed E-state index contributed by atoms with van der Waals surface area (Å²) in [6, 6.07) is 2.22. The Morgan fingerprint density at radius 2 is 2.04 bits per heavy atom. The molecule has 0 bridgehead atoms. The van der Waals surface area contributed by atoms with Crippen molar-refractivity contribution in [3.63, 3.8) is 0 Å². The van der Waals surface area contributed by atoms with Crippen LogP contribution in [0.15, 0.2) is 11.4 Å². The molecule has 2 aliphatic rings. The van der Waals surface area contributed by atoms with Gasteiger partial charge >= 0.3 is 0 Å². The van der Waals surface area contributed by atoms with Gasteiger partial charge in [0.15, 0.2) is 0 Å². The van der Waals surface area contributed by atoms with Crippen LogP contribution in [-0.4, -0.2) is 36.0 Å². The molecular weight excluding hydrogens is 353 g/mol. The Bertz CT molecular complexity index is 503. The molecule has 0 spiro atoms. The number of nitrogens with zero attached hydrogens (tertiary/aromatic N) is 1. The monoisotopic (exact) mass is 379 g/mol. The number of halogens is 2. The fourth-order valence-electron chi connectivity index (χ4n) is 3.41. The van der Waals surface area contributed by atoms with Gasteiger partial charge in [0.25, 0.3) is 0 Å². The van der Waals surface area contributed by atoms with Gasteiger partial charge in [-0.1, -0.05) is 19.3 Å². The molecule has 0 radical (unpaired) electrons. The van der Waals surface area contributed by atoms with Crippen LogP contribution in [0.5, 0.6) is 0 Å².